The van der Waals surface area contributed by atoms with Gasteiger partial charge in [0, 0.05) is 12.0 Å². The van der Waals surface area contributed by atoms with Gasteiger partial charge in [-0.15, -0.1) is 0 Å². The van der Waals surface area contributed by atoms with Crippen molar-refractivity contribution in [2.45, 2.75) is 38.6 Å². The molecule has 19 heavy (non-hydrogen) atoms. The number of rotatable bonds is 3. The molecule has 104 valence electrons. The Balaban J connectivity index is 2.32. The van der Waals surface area contributed by atoms with Crippen LogP contribution in [0.15, 0.2) is 29.3 Å². The van der Waals surface area contributed by atoms with Gasteiger partial charge in [0.05, 0.1) is 14.2 Å². The highest BCUT2D eigenvalue weighted by Gasteiger charge is 2.26. The SMILES string of the molecule is COc1ccc(C2CC(C)=C(C)CC2N)cc1OC. The highest BCUT2D eigenvalue weighted by Crippen LogP contribution is 2.38. The van der Waals surface area contributed by atoms with E-state index in [4.69, 9.17) is 15.2 Å². The fourth-order valence-electron chi connectivity index (χ4n) is 2.77. The molecule has 0 amide bonds. The molecule has 3 heteroatoms. The Morgan fingerprint density at radius 1 is 1.00 bits per heavy atom. The zero-order chi connectivity index (χ0) is 14.0. The molecule has 1 aliphatic rings. The van der Waals surface area contributed by atoms with E-state index in [1.165, 1.54) is 16.7 Å². The lowest BCUT2D eigenvalue weighted by Gasteiger charge is -2.31. The van der Waals surface area contributed by atoms with Crippen LogP contribution in [0.25, 0.3) is 0 Å². The van der Waals surface area contributed by atoms with E-state index >= 15 is 0 Å². The summed E-state index contributed by atoms with van der Waals surface area (Å²) in [5.41, 5.74) is 10.4. The molecule has 0 aromatic heterocycles. The molecular formula is C16H23NO2. The minimum absolute atomic E-state index is 0.182. The van der Waals surface area contributed by atoms with Crippen molar-refractivity contribution >= 4 is 0 Å². The molecule has 2 rings (SSSR count). The predicted octanol–water partition coefficient (Wildman–Crippen LogP) is 3.24. The van der Waals surface area contributed by atoms with Gasteiger partial charge >= 0.3 is 0 Å². The van der Waals surface area contributed by atoms with Crippen LogP contribution in [-0.2, 0) is 0 Å². The minimum Gasteiger partial charge on any atom is -0.493 e. The molecule has 3 nitrogen and oxygen atoms in total. The molecule has 0 saturated heterocycles. The second-order valence-corrected chi connectivity index (χ2v) is 5.35. The van der Waals surface area contributed by atoms with Crippen LogP contribution in [0.4, 0.5) is 0 Å². The summed E-state index contributed by atoms with van der Waals surface area (Å²) in [4.78, 5) is 0. The van der Waals surface area contributed by atoms with Gasteiger partial charge in [0.2, 0.25) is 0 Å². The highest BCUT2D eigenvalue weighted by atomic mass is 16.5. The maximum absolute atomic E-state index is 6.32. The number of methoxy groups -OCH3 is 2. The standard InChI is InChI=1S/C16H23NO2/c1-10-7-13(14(17)8-11(10)2)12-5-6-15(18-3)16(9-12)19-4/h5-6,9,13-14H,7-8,17H2,1-4H3. The fourth-order valence-corrected chi connectivity index (χ4v) is 2.77. The molecule has 2 atom stereocenters. The van der Waals surface area contributed by atoms with Gasteiger partial charge < -0.3 is 15.2 Å². The van der Waals surface area contributed by atoms with E-state index in [0.717, 1.165) is 24.3 Å². The van der Waals surface area contributed by atoms with Gasteiger partial charge in [-0.25, -0.2) is 0 Å². The van der Waals surface area contributed by atoms with Gasteiger partial charge in [-0.2, -0.15) is 0 Å². The van der Waals surface area contributed by atoms with E-state index in [1.807, 2.05) is 6.07 Å². The van der Waals surface area contributed by atoms with Gasteiger partial charge in [0.15, 0.2) is 11.5 Å². The van der Waals surface area contributed by atoms with E-state index in [0.29, 0.717) is 5.92 Å². The molecule has 0 spiro atoms. The van der Waals surface area contributed by atoms with Crippen LogP contribution in [0, 0.1) is 0 Å². The minimum atomic E-state index is 0.182. The van der Waals surface area contributed by atoms with Gasteiger partial charge in [-0.3, -0.25) is 0 Å². The summed E-state index contributed by atoms with van der Waals surface area (Å²) >= 11 is 0. The van der Waals surface area contributed by atoms with Crippen molar-refractivity contribution in [3.63, 3.8) is 0 Å². The number of ether oxygens (including phenoxy) is 2. The van der Waals surface area contributed by atoms with Gasteiger partial charge in [-0.05, 0) is 44.4 Å². The first-order chi connectivity index (χ1) is 9.06. The number of allylic oxidation sites excluding steroid dienone is 1. The highest BCUT2D eigenvalue weighted by molar-refractivity contribution is 5.45. The third-order valence-corrected chi connectivity index (χ3v) is 4.15. The van der Waals surface area contributed by atoms with Crippen LogP contribution in [0.2, 0.25) is 0 Å². The van der Waals surface area contributed by atoms with Crippen LogP contribution < -0.4 is 15.2 Å². The molecule has 2 unspecified atom stereocenters. The van der Waals surface area contributed by atoms with E-state index in [-0.39, 0.29) is 6.04 Å². The zero-order valence-electron chi connectivity index (χ0n) is 12.2. The molecule has 1 aromatic carbocycles. The third-order valence-electron chi connectivity index (χ3n) is 4.15. The molecule has 0 saturated carbocycles. The first-order valence-corrected chi connectivity index (χ1v) is 6.69. The van der Waals surface area contributed by atoms with Crippen molar-refractivity contribution in [1.29, 1.82) is 0 Å². The molecule has 0 radical (unpaired) electrons. The third kappa shape index (κ3) is 2.76. The van der Waals surface area contributed by atoms with Crippen molar-refractivity contribution in [3.8, 4) is 11.5 Å². The Bertz CT molecular complexity index is 494. The van der Waals surface area contributed by atoms with E-state index in [9.17, 15) is 0 Å². The average molecular weight is 261 g/mol. The van der Waals surface area contributed by atoms with Crippen LogP contribution in [0.3, 0.4) is 0 Å². The Hall–Kier alpha value is -1.48. The van der Waals surface area contributed by atoms with E-state index in [2.05, 4.69) is 26.0 Å². The predicted molar refractivity (Wildman–Crippen MR) is 77.9 cm³/mol. The van der Waals surface area contributed by atoms with Crippen LogP contribution >= 0.6 is 0 Å². The van der Waals surface area contributed by atoms with Gasteiger partial charge in [-0.1, -0.05) is 17.2 Å². The molecule has 2 N–H and O–H groups in total. The fraction of sp³-hybridized carbons (Fsp3) is 0.500. The molecule has 0 fully saturated rings. The van der Waals surface area contributed by atoms with Crippen molar-refractivity contribution in [2.24, 2.45) is 5.73 Å². The number of nitrogens with two attached hydrogens (primary N) is 1. The molecular weight excluding hydrogens is 238 g/mol. The van der Waals surface area contributed by atoms with Crippen LogP contribution in [-0.4, -0.2) is 20.3 Å². The molecule has 0 heterocycles. The average Bonchev–Trinajstić information content (AvgIpc) is 2.42. The van der Waals surface area contributed by atoms with Gasteiger partial charge in [0.1, 0.15) is 0 Å². The zero-order valence-corrected chi connectivity index (χ0v) is 12.2. The summed E-state index contributed by atoms with van der Waals surface area (Å²) in [6, 6.07) is 6.29. The Kier molecular flexibility index (Phi) is 4.15. The maximum atomic E-state index is 6.32. The van der Waals surface area contributed by atoms with Crippen molar-refractivity contribution in [3.05, 3.63) is 34.9 Å². The lowest BCUT2D eigenvalue weighted by atomic mass is 9.78. The second-order valence-electron chi connectivity index (χ2n) is 5.35. The molecule has 1 aliphatic carbocycles. The van der Waals surface area contributed by atoms with Crippen molar-refractivity contribution in [1.82, 2.24) is 0 Å². The summed E-state index contributed by atoms with van der Waals surface area (Å²) in [5.74, 6) is 1.90. The van der Waals surface area contributed by atoms with Crippen molar-refractivity contribution in [2.75, 3.05) is 14.2 Å². The first kappa shape index (κ1) is 13.9. The molecule has 0 bridgehead atoms. The normalized spacial score (nSPS) is 23.4. The topological polar surface area (TPSA) is 44.5 Å². The van der Waals surface area contributed by atoms with E-state index < -0.39 is 0 Å². The summed E-state index contributed by atoms with van der Waals surface area (Å²) < 4.78 is 10.7. The number of hydrogen-bond acceptors (Lipinski definition) is 3. The maximum Gasteiger partial charge on any atom is 0.160 e. The lowest BCUT2D eigenvalue weighted by Crippen LogP contribution is -2.32. The number of benzene rings is 1. The van der Waals surface area contributed by atoms with Gasteiger partial charge in [0.25, 0.3) is 0 Å². The summed E-state index contributed by atoms with van der Waals surface area (Å²) in [6.45, 7) is 4.38. The Morgan fingerprint density at radius 2 is 1.63 bits per heavy atom. The monoisotopic (exact) mass is 261 g/mol. The largest absolute Gasteiger partial charge is 0.493 e. The summed E-state index contributed by atoms with van der Waals surface area (Å²) in [5, 5.41) is 0. The summed E-state index contributed by atoms with van der Waals surface area (Å²) in [7, 11) is 3.32. The second kappa shape index (κ2) is 5.66. The van der Waals surface area contributed by atoms with Crippen LogP contribution in [0.1, 0.15) is 38.2 Å². The smallest absolute Gasteiger partial charge is 0.160 e. The Morgan fingerprint density at radius 3 is 2.26 bits per heavy atom. The Labute approximate surface area is 115 Å². The van der Waals surface area contributed by atoms with E-state index in [1.54, 1.807) is 14.2 Å². The lowest BCUT2D eigenvalue weighted by molar-refractivity contribution is 0.353. The first-order valence-electron chi connectivity index (χ1n) is 6.69. The quantitative estimate of drug-likeness (QED) is 0.849. The molecule has 0 aliphatic heterocycles. The number of hydrogen-bond donors (Lipinski definition) is 1. The van der Waals surface area contributed by atoms with Crippen molar-refractivity contribution < 1.29 is 9.47 Å². The van der Waals surface area contributed by atoms with Crippen LogP contribution in [0.5, 0.6) is 11.5 Å². The molecule has 1 aromatic rings. The summed E-state index contributed by atoms with van der Waals surface area (Å²) in [6.07, 6.45) is 2.01.